The number of hydrogen-bond acceptors (Lipinski definition) is 3. The van der Waals surface area contributed by atoms with Crippen molar-refractivity contribution in [3.63, 3.8) is 0 Å². The molecule has 0 spiro atoms. The van der Waals surface area contributed by atoms with Gasteiger partial charge >= 0.3 is 0 Å². The molecule has 116 valence electrons. The molecular formula is C18H29N3. The van der Waals surface area contributed by atoms with Crippen molar-refractivity contribution in [3.05, 3.63) is 30.1 Å². The topological polar surface area (TPSA) is 28.2 Å². The Labute approximate surface area is 129 Å². The molecule has 3 rings (SSSR count). The number of aromatic nitrogens is 1. The molecule has 2 saturated heterocycles. The maximum absolute atomic E-state index is 4.24. The van der Waals surface area contributed by atoms with Gasteiger partial charge in [-0.1, -0.05) is 19.4 Å². The van der Waals surface area contributed by atoms with Crippen LogP contribution in [0.25, 0.3) is 0 Å². The molecule has 2 bridgehead atoms. The summed E-state index contributed by atoms with van der Waals surface area (Å²) in [7, 11) is 0. The van der Waals surface area contributed by atoms with Crippen LogP contribution in [0.1, 0.15) is 51.0 Å². The first kappa shape index (κ1) is 15.0. The molecule has 3 heteroatoms. The van der Waals surface area contributed by atoms with Crippen LogP contribution in [0.2, 0.25) is 0 Å². The summed E-state index contributed by atoms with van der Waals surface area (Å²) in [5.74, 6) is 0. The Morgan fingerprint density at radius 3 is 2.76 bits per heavy atom. The molecule has 3 nitrogen and oxygen atoms in total. The Bertz CT molecular complexity index is 406. The lowest BCUT2D eigenvalue weighted by Crippen LogP contribution is -2.56. The lowest BCUT2D eigenvalue weighted by molar-refractivity contribution is 0.0257. The highest BCUT2D eigenvalue weighted by atomic mass is 15.2. The van der Waals surface area contributed by atoms with Crippen LogP contribution in [0.15, 0.2) is 24.5 Å². The van der Waals surface area contributed by atoms with Gasteiger partial charge in [0, 0.05) is 37.1 Å². The molecule has 2 atom stereocenters. The number of fused-ring (bicyclic) bond motifs is 2. The highest BCUT2D eigenvalue weighted by molar-refractivity contribution is 5.09. The van der Waals surface area contributed by atoms with E-state index in [9.17, 15) is 0 Å². The summed E-state index contributed by atoms with van der Waals surface area (Å²) in [4.78, 5) is 7.04. The quantitative estimate of drug-likeness (QED) is 0.872. The van der Waals surface area contributed by atoms with Crippen LogP contribution in [-0.2, 0) is 6.42 Å². The van der Waals surface area contributed by atoms with Gasteiger partial charge in [0.05, 0.1) is 0 Å². The van der Waals surface area contributed by atoms with Gasteiger partial charge in [-0.2, -0.15) is 0 Å². The van der Waals surface area contributed by atoms with Gasteiger partial charge in [-0.15, -0.1) is 0 Å². The van der Waals surface area contributed by atoms with E-state index >= 15 is 0 Å². The van der Waals surface area contributed by atoms with E-state index in [1.807, 2.05) is 12.4 Å². The first-order chi connectivity index (χ1) is 10.4. The third-order valence-electron chi connectivity index (χ3n) is 5.19. The van der Waals surface area contributed by atoms with Crippen LogP contribution < -0.4 is 5.32 Å². The zero-order valence-corrected chi connectivity index (χ0v) is 13.3. The zero-order valence-electron chi connectivity index (χ0n) is 13.3. The van der Waals surface area contributed by atoms with Crippen molar-refractivity contribution in [2.24, 2.45) is 0 Å². The van der Waals surface area contributed by atoms with Crippen LogP contribution >= 0.6 is 0 Å². The fraction of sp³-hybridized carbons (Fsp3) is 0.722. The first-order valence-corrected chi connectivity index (χ1v) is 8.75. The van der Waals surface area contributed by atoms with Gasteiger partial charge in [0.2, 0.25) is 0 Å². The third kappa shape index (κ3) is 3.83. The second kappa shape index (κ2) is 7.37. The maximum Gasteiger partial charge on any atom is 0.0300 e. The molecule has 1 aromatic heterocycles. The van der Waals surface area contributed by atoms with Crippen LogP contribution in [-0.4, -0.2) is 41.1 Å². The van der Waals surface area contributed by atoms with E-state index < -0.39 is 0 Å². The van der Waals surface area contributed by atoms with E-state index in [1.54, 1.807) is 0 Å². The predicted molar refractivity (Wildman–Crippen MR) is 87.4 cm³/mol. The van der Waals surface area contributed by atoms with E-state index in [1.165, 1.54) is 57.2 Å². The van der Waals surface area contributed by atoms with Crippen molar-refractivity contribution in [2.75, 3.05) is 13.1 Å². The standard InChI is InChI=1S/C18H29N3/c1-2-9-20-16-12-17-6-3-7-18(13-16)21(17)11-8-15-5-4-10-19-14-15/h4-5,10,14,16-18,20H,2-3,6-9,11-13H2,1H3. The van der Waals surface area contributed by atoms with Crippen molar-refractivity contribution in [3.8, 4) is 0 Å². The minimum absolute atomic E-state index is 0.759. The van der Waals surface area contributed by atoms with Gasteiger partial charge in [-0.3, -0.25) is 9.88 Å². The molecule has 0 amide bonds. The maximum atomic E-state index is 4.24. The van der Waals surface area contributed by atoms with E-state index in [2.05, 4.69) is 34.3 Å². The van der Waals surface area contributed by atoms with Gasteiger partial charge in [0.1, 0.15) is 0 Å². The van der Waals surface area contributed by atoms with Crippen molar-refractivity contribution in [1.29, 1.82) is 0 Å². The van der Waals surface area contributed by atoms with Crippen molar-refractivity contribution in [1.82, 2.24) is 15.2 Å². The van der Waals surface area contributed by atoms with E-state index in [0.717, 1.165) is 24.5 Å². The van der Waals surface area contributed by atoms with E-state index in [4.69, 9.17) is 0 Å². The van der Waals surface area contributed by atoms with Gasteiger partial charge in [0.15, 0.2) is 0 Å². The normalized spacial score (nSPS) is 29.5. The summed E-state index contributed by atoms with van der Waals surface area (Å²) in [5.41, 5.74) is 1.38. The molecule has 0 aliphatic carbocycles. The van der Waals surface area contributed by atoms with Gasteiger partial charge < -0.3 is 5.32 Å². The molecule has 1 aromatic rings. The zero-order chi connectivity index (χ0) is 14.5. The molecule has 2 unspecified atom stereocenters. The lowest BCUT2D eigenvalue weighted by Gasteiger charge is -2.49. The van der Waals surface area contributed by atoms with Gasteiger partial charge in [0.25, 0.3) is 0 Å². The second-order valence-electron chi connectivity index (χ2n) is 6.71. The van der Waals surface area contributed by atoms with Crippen LogP contribution in [0.5, 0.6) is 0 Å². The smallest absolute Gasteiger partial charge is 0.0300 e. The van der Waals surface area contributed by atoms with Gasteiger partial charge in [-0.05, 0) is 56.7 Å². The molecule has 2 fully saturated rings. The molecular weight excluding hydrogens is 258 g/mol. The Kier molecular flexibility index (Phi) is 5.26. The minimum atomic E-state index is 0.759. The highest BCUT2D eigenvalue weighted by Crippen LogP contribution is 2.34. The average Bonchev–Trinajstić information content (AvgIpc) is 2.51. The lowest BCUT2D eigenvalue weighted by atomic mass is 9.81. The molecule has 2 aliphatic heterocycles. The SMILES string of the molecule is CCCNC1CC2CCCC(C1)N2CCc1cccnc1. The summed E-state index contributed by atoms with van der Waals surface area (Å²) in [6.07, 6.45) is 13.2. The Morgan fingerprint density at radius 1 is 1.29 bits per heavy atom. The molecule has 0 aromatic carbocycles. The highest BCUT2D eigenvalue weighted by Gasteiger charge is 2.37. The number of pyridine rings is 1. The summed E-state index contributed by atoms with van der Waals surface area (Å²) in [6, 6.07) is 6.64. The number of nitrogens with zero attached hydrogens (tertiary/aromatic N) is 2. The number of piperidine rings is 2. The number of rotatable bonds is 6. The van der Waals surface area contributed by atoms with E-state index in [0.29, 0.717) is 0 Å². The minimum Gasteiger partial charge on any atom is -0.314 e. The molecule has 3 heterocycles. The Balaban J connectivity index is 1.56. The summed E-state index contributed by atoms with van der Waals surface area (Å²) >= 11 is 0. The Hall–Kier alpha value is -0.930. The van der Waals surface area contributed by atoms with Crippen molar-refractivity contribution >= 4 is 0 Å². The predicted octanol–water partition coefficient (Wildman–Crippen LogP) is 3.01. The van der Waals surface area contributed by atoms with Crippen molar-refractivity contribution in [2.45, 2.75) is 70.0 Å². The fourth-order valence-electron chi connectivity index (χ4n) is 4.16. The molecule has 1 N–H and O–H groups in total. The average molecular weight is 287 g/mol. The van der Waals surface area contributed by atoms with Gasteiger partial charge in [-0.25, -0.2) is 0 Å². The molecule has 2 aliphatic rings. The molecule has 21 heavy (non-hydrogen) atoms. The third-order valence-corrected chi connectivity index (χ3v) is 5.19. The summed E-state index contributed by atoms with van der Waals surface area (Å²) in [5, 5.41) is 3.76. The molecule has 0 saturated carbocycles. The second-order valence-corrected chi connectivity index (χ2v) is 6.71. The number of nitrogens with one attached hydrogen (secondary N) is 1. The van der Waals surface area contributed by atoms with Crippen LogP contribution in [0.4, 0.5) is 0 Å². The largest absolute Gasteiger partial charge is 0.314 e. The molecule has 0 radical (unpaired) electrons. The summed E-state index contributed by atoms with van der Waals surface area (Å²) in [6.45, 7) is 4.65. The van der Waals surface area contributed by atoms with E-state index in [-0.39, 0.29) is 0 Å². The fourth-order valence-corrected chi connectivity index (χ4v) is 4.16. The monoisotopic (exact) mass is 287 g/mol. The Morgan fingerprint density at radius 2 is 2.10 bits per heavy atom. The number of hydrogen-bond donors (Lipinski definition) is 1. The van der Waals surface area contributed by atoms with Crippen LogP contribution in [0, 0.1) is 0 Å². The van der Waals surface area contributed by atoms with Crippen molar-refractivity contribution < 1.29 is 0 Å². The first-order valence-electron chi connectivity index (χ1n) is 8.75. The van der Waals surface area contributed by atoms with Crippen LogP contribution in [0.3, 0.4) is 0 Å². The summed E-state index contributed by atoms with van der Waals surface area (Å²) < 4.78 is 0.